The van der Waals surface area contributed by atoms with E-state index in [9.17, 15) is 4.79 Å². The molecule has 0 atom stereocenters. The van der Waals surface area contributed by atoms with Crippen LogP contribution < -0.4 is 10.1 Å². The van der Waals surface area contributed by atoms with Crippen LogP contribution in [0.2, 0.25) is 0 Å². The summed E-state index contributed by atoms with van der Waals surface area (Å²) < 4.78 is 7.13. The lowest BCUT2D eigenvalue weighted by Gasteiger charge is -2.11. The number of pyridine rings is 1. The predicted octanol–water partition coefficient (Wildman–Crippen LogP) is 1.92. The third-order valence-corrected chi connectivity index (χ3v) is 3.63. The largest absolute Gasteiger partial charge is 0.490 e. The van der Waals surface area contributed by atoms with Crippen molar-refractivity contribution in [3.05, 3.63) is 54.5 Å². The number of ether oxygens (including phenoxy) is 1. The molecule has 0 fully saturated rings. The fourth-order valence-electron chi connectivity index (χ4n) is 2.34. The lowest BCUT2D eigenvalue weighted by atomic mass is 10.1. The maximum atomic E-state index is 12.3. The summed E-state index contributed by atoms with van der Waals surface area (Å²) >= 11 is 0. The normalized spacial score (nSPS) is 10.2. The van der Waals surface area contributed by atoms with Crippen LogP contribution in [0.5, 0.6) is 5.75 Å². The standard InChI is InChI=1S/C18H17N7O2/c19-9-1-2-11-27-16-4-3-10-20-18(16)22-17(26)12-14-5-7-15(8-6-14)25-13-21-23-24-25/h3-8,10,13H,1-2,11-12H2,(H,20,22,26). The van der Waals surface area contributed by atoms with Crippen molar-refractivity contribution < 1.29 is 9.53 Å². The van der Waals surface area contributed by atoms with Crippen molar-refractivity contribution in [1.82, 2.24) is 25.2 Å². The highest BCUT2D eigenvalue weighted by atomic mass is 16.5. The van der Waals surface area contributed by atoms with Gasteiger partial charge < -0.3 is 10.1 Å². The average molecular weight is 363 g/mol. The zero-order chi connectivity index (χ0) is 18.9. The number of carbonyl (C=O) groups excluding carboxylic acids is 1. The molecular formula is C18H17N7O2. The Morgan fingerprint density at radius 1 is 1.26 bits per heavy atom. The number of anilines is 1. The lowest BCUT2D eigenvalue weighted by Crippen LogP contribution is -2.16. The fraction of sp³-hybridized carbons (Fsp3) is 0.222. The predicted molar refractivity (Wildman–Crippen MR) is 96.1 cm³/mol. The number of tetrazole rings is 1. The monoisotopic (exact) mass is 363 g/mol. The summed E-state index contributed by atoms with van der Waals surface area (Å²) in [6, 6.07) is 12.9. The molecule has 0 aliphatic heterocycles. The van der Waals surface area contributed by atoms with Crippen LogP contribution in [0.15, 0.2) is 48.9 Å². The van der Waals surface area contributed by atoms with E-state index in [1.165, 1.54) is 11.0 Å². The molecule has 0 saturated carbocycles. The van der Waals surface area contributed by atoms with Crippen LogP contribution in [0.3, 0.4) is 0 Å². The van der Waals surface area contributed by atoms with Gasteiger partial charge in [-0.25, -0.2) is 9.67 Å². The molecule has 27 heavy (non-hydrogen) atoms. The topological polar surface area (TPSA) is 119 Å². The van der Waals surface area contributed by atoms with Crippen LogP contribution in [-0.2, 0) is 11.2 Å². The van der Waals surface area contributed by atoms with Crippen molar-refractivity contribution in [2.24, 2.45) is 0 Å². The van der Waals surface area contributed by atoms with Crippen LogP contribution in [-0.4, -0.2) is 37.7 Å². The molecule has 9 nitrogen and oxygen atoms in total. The molecule has 1 aromatic carbocycles. The molecule has 0 unspecified atom stereocenters. The Bertz CT molecular complexity index is 918. The summed E-state index contributed by atoms with van der Waals surface area (Å²) in [6.07, 6.45) is 4.31. The number of nitrogens with one attached hydrogen (secondary N) is 1. The van der Waals surface area contributed by atoms with Gasteiger partial charge in [-0.05, 0) is 46.7 Å². The summed E-state index contributed by atoms with van der Waals surface area (Å²) in [4.78, 5) is 16.5. The van der Waals surface area contributed by atoms with Gasteiger partial charge in [-0.1, -0.05) is 12.1 Å². The molecule has 9 heteroatoms. The van der Waals surface area contributed by atoms with Gasteiger partial charge in [0.1, 0.15) is 6.33 Å². The van der Waals surface area contributed by atoms with E-state index in [0.29, 0.717) is 31.0 Å². The number of hydrogen-bond acceptors (Lipinski definition) is 7. The Morgan fingerprint density at radius 3 is 2.85 bits per heavy atom. The molecule has 2 heterocycles. The van der Waals surface area contributed by atoms with Gasteiger partial charge in [0.15, 0.2) is 11.6 Å². The molecule has 0 aliphatic rings. The van der Waals surface area contributed by atoms with Crippen molar-refractivity contribution >= 4 is 11.7 Å². The number of rotatable bonds is 8. The van der Waals surface area contributed by atoms with Gasteiger partial charge in [-0.3, -0.25) is 4.79 Å². The summed E-state index contributed by atoms with van der Waals surface area (Å²) in [5, 5.41) is 22.3. The van der Waals surface area contributed by atoms with E-state index < -0.39 is 0 Å². The van der Waals surface area contributed by atoms with E-state index in [-0.39, 0.29) is 12.3 Å². The molecule has 136 valence electrons. The number of hydrogen-bond donors (Lipinski definition) is 1. The summed E-state index contributed by atoms with van der Waals surface area (Å²) in [5.74, 6) is 0.647. The van der Waals surface area contributed by atoms with Gasteiger partial charge in [0.25, 0.3) is 0 Å². The molecule has 2 aromatic heterocycles. The first-order valence-corrected chi connectivity index (χ1v) is 8.33. The third-order valence-electron chi connectivity index (χ3n) is 3.63. The van der Waals surface area contributed by atoms with Crippen molar-refractivity contribution in [3.8, 4) is 17.5 Å². The van der Waals surface area contributed by atoms with Crippen molar-refractivity contribution in [1.29, 1.82) is 5.26 Å². The lowest BCUT2D eigenvalue weighted by molar-refractivity contribution is -0.115. The van der Waals surface area contributed by atoms with Gasteiger partial charge in [0.2, 0.25) is 5.91 Å². The molecular weight excluding hydrogens is 346 g/mol. The highest BCUT2D eigenvalue weighted by Gasteiger charge is 2.10. The zero-order valence-electron chi connectivity index (χ0n) is 14.4. The first-order valence-electron chi connectivity index (χ1n) is 8.33. The van der Waals surface area contributed by atoms with Crippen LogP contribution in [0, 0.1) is 11.3 Å². The number of unbranched alkanes of at least 4 members (excludes halogenated alkanes) is 1. The van der Waals surface area contributed by atoms with Crippen molar-refractivity contribution in [2.45, 2.75) is 19.3 Å². The maximum Gasteiger partial charge on any atom is 0.230 e. The Morgan fingerprint density at radius 2 is 2.11 bits per heavy atom. The minimum absolute atomic E-state index is 0.195. The molecule has 0 saturated heterocycles. The second-order valence-corrected chi connectivity index (χ2v) is 5.61. The van der Waals surface area contributed by atoms with Crippen LogP contribution in [0.4, 0.5) is 5.82 Å². The SMILES string of the molecule is N#CCCCOc1cccnc1NC(=O)Cc1ccc(-n2cnnn2)cc1. The molecule has 0 radical (unpaired) electrons. The molecule has 1 amide bonds. The summed E-state index contributed by atoms with van der Waals surface area (Å²) in [7, 11) is 0. The Kier molecular flexibility index (Phi) is 6.04. The molecule has 0 bridgehead atoms. The quantitative estimate of drug-likeness (QED) is 0.607. The van der Waals surface area contributed by atoms with Crippen molar-refractivity contribution in [2.75, 3.05) is 11.9 Å². The van der Waals surface area contributed by atoms with E-state index in [1.807, 2.05) is 24.3 Å². The van der Waals surface area contributed by atoms with E-state index in [2.05, 4.69) is 31.9 Å². The molecule has 3 rings (SSSR count). The number of nitrogens with zero attached hydrogens (tertiary/aromatic N) is 6. The zero-order valence-corrected chi connectivity index (χ0v) is 14.4. The molecule has 0 aliphatic carbocycles. The average Bonchev–Trinajstić information content (AvgIpc) is 3.22. The number of nitriles is 1. The highest BCUT2D eigenvalue weighted by molar-refractivity contribution is 5.92. The summed E-state index contributed by atoms with van der Waals surface area (Å²) in [5.41, 5.74) is 1.65. The second kappa shape index (κ2) is 9.05. The Balaban J connectivity index is 1.58. The minimum atomic E-state index is -0.203. The third kappa shape index (κ3) is 5.09. The fourth-order valence-corrected chi connectivity index (χ4v) is 2.34. The molecule has 3 aromatic rings. The van der Waals surface area contributed by atoms with E-state index in [4.69, 9.17) is 10.00 Å². The maximum absolute atomic E-state index is 12.3. The smallest absolute Gasteiger partial charge is 0.230 e. The first-order chi connectivity index (χ1) is 13.3. The number of aromatic nitrogens is 5. The van der Waals surface area contributed by atoms with Crippen molar-refractivity contribution in [3.63, 3.8) is 0 Å². The number of amides is 1. The summed E-state index contributed by atoms with van der Waals surface area (Å²) in [6.45, 7) is 0.390. The number of benzene rings is 1. The van der Waals surface area contributed by atoms with Crippen LogP contribution in [0.1, 0.15) is 18.4 Å². The Labute approximate surface area is 155 Å². The van der Waals surface area contributed by atoms with Gasteiger partial charge in [0.05, 0.1) is 24.8 Å². The van der Waals surface area contributed by atoms with Gasteiger partial charge in [0, 0.05) is 12.6 Å². The van der Waals surface area contributed by atoms with Gasteiger partial charge >= 0.3 is 0 Å². The Hall–Kier alpha value is -3.80. The first kappa shape index (κ1) is 18.0. The second-order valence-electron chi connectivity index (χ2n) is 5.61. The van der Waals surface area contributed by atoms with E-state index >= 15 is 0 Å². The van der Waals surface area contributed by atoms with Crippen LogP contribution >= 0.6 is 0 Å². The van der Waals surface area contributed by atoms with E-state index in [0.717, 1.165) is 11.3 Å². The minimum Gasteiger partial charge on any atom is -0.490 e. The van der Waals surface area contributed by atoms with Gasteiger partial charge in [-0.2, -0.15) is 5.26 Å². The van der Waals surface area contributed by atoms with Gasteiger partial charge in [-0.15, -0.1) is 5.10 Å². The van der Waals surface area contributed by atoms with E-state index in [1.54, 1.807) is 18.3 Å². The number of carbonyl (C=O) groups is 1. The molecule has 1 N–H and O–H groups in total. The highest BCUT2D eigenvalue weighted by Crippen LogP contribution is 2.21. The van der Waals surface area contributed by atoms with Crippen LogP contribution in [0.25, 0.3) is 5.69 Å². The molecule has 0 spiro atoms.